The molecule has 4 heterocycles. The van der Waals surface area contributed by atoms with Crippen molar-refractivity contribution in [3.05, 3.63) is 95.9 Å². The summed E-state index contributed by atoms with van der Waals surface area (Å²) < 4.78 is 12.0. The van der Waals surface area contributed by atoms with Crippen molar-refractivity contribution in [2.24, 2.45) is 5.92 Å². The zero-order valence-electron chi connectivity index (χ0n) is 35.1. The number of hydrogen-bond acceptors (Lipinski definition) is 12. The molecule has 13 nitrogen and oxygen atoms in total. The predicted octanol–water partition coefficient (Wildman–Crippen LogP) is 8.70. The van der Waals surface area contributed by atoms with E-state index in [1.807, 2.05) is 81.6 Å². The van der Waals surface area contributed by atoms with Crippen LogP contribution in [-0.2, 0) is 25.6 Å². The van der Waals surface area contributed by atoms with Gasteiger partial charge in [-0.25, -0.2) is 15.0 Å². The minimum atomic E-state index is -0.345. The van der Waals surface area contributed by atoms with Gasteiger partial charge in [0.25, 0.3) is 0 Å². The lowest BCUT2D eigenvalue weighted by Gasteiger charge is -2.35. The van der Waals surface area contributed by atoms with Crippen LogP contribution in [0.15, 0.2) is 87.3 Å². The third-order valence-corrected chi connectivity index (χ3v) is 11.2. The number of benzene rings is 2. The van der Waals surface area contributed by atoms with Crippen LogP contribution in [0.4, 0.5) is 5.13 Å². The third-order valence-electron chi connectivity index (χ3n) is 10.4. The summed E-state index contributed by atoms with van der Waals surface area (Å²) in [6.07, 6.45) is 12.8. The topological polar surface area (TPSA) is 187 Å². The third kappa shape index (κ3) is 14.7. The Hall–Kier alpha value is -5.47. The number of aromatic nitrogens is 3. The quantitative estimate of drug-likeness (QED) is 0.0534. The molecule has 4 N–H and O–H groups in total. The van der Waals surface area contributed by atoms with Crippen LogP contribution in [0.25, 0.3) is 22.6 Å². The molecule has 3 aromatic heterocycles. The second kappa shape index (κ2) is 24.0. The number of thiazole rings is 1. The van der Waals surface area contributed by atoms with E-state index >= 15 is 0 Å². The minimum absolute atomic E-state index is 0.0354. The van der Waals surface area contributed by atoms with Crippen LogP contribution in [0.3, 0.4) is 0 Å². The number of nitrogens with two attached hydrogens (primary N) is 1. The first-order valence-corrected chi connectivity index (χ1v) is 22.0. The Morgan fingerprint density at radius 2 is 1.25 bits per heavy atom. The lowest BCUT2D eigenvalue weighted by molar-refractivity contribution is -0.130. The molecule has 5 aromatic rings. The number of carbonyl (C=O) groups is 4. The molecule has 1 fully saturated rings. The van der Waals surface area contributed by atoms with E-state index in [2.05, 4.69) is 30.5 Å². The van der Waals surface area contributed by atoms with Gasteiger partial charge in [-0.3, -0.25) is 19.2 Å². The maximum Gasteiger partial charge on any atom is 0.226 e. The van der Waals surface area contributed by atoms with Crippen molar-refractivity contribution in [2.45, 2.75) is 109 Å². The number of nitrogen functional groups attached to an aromatic ring is 1. The van der Waals surface area contributed by atoms with E-state index in [0.29, 0.717) is 72.0 Å². The fourth-order valence-corrected chi connectivity index (χ4v) is 7.46. The number of oxazole rings is 2. The van der Waals surface area contributed by atoms with E-state index in [0.717, 1.165) is 69.2 Å². The van der Waals surface area contributed by atoms with Gasteiger partial charge in [0, 0.05) is 55.3 Å². The summed E-state index contributed by atoms with van der Waals surface area (Å²) >= 11 is 1.31. The molecule has 0 spiro atoms. The molecule has 320 valence electrons. The maximum atomic E-state index is 12.6. The largest absolute Gasteiger partial charge is 0.438 e. The Morgan fingerprint density at radius 3 is 1.70 bits per heavy atom. The molecule has 1 aliphatic heterocycles. The van der Waals surface area contributed by atoms with Crippen LogP contribution in [0.2, 0.25) is 0 Å². The van der Waals surface area contributed by atoms with Crippen molar-refractivity contribution in [1.29, 1.82) is 0 Å². The number of carbonyl (C=O) groups excluding carboxylic acids is 4. The molecule has 0 aliphatic carbocycles. The second-order valence-corrected chi connectivity index (χ2v) is 16.2. The number of amides is 2. The number of nitrogens with zero attached hydrogens (tertiary/aromatic N) is 4. The Kier molecular flexibility index (Phi) is 18.2. The standard InChI is InChI=1S/C23H28N4O3S.C23H31N3O3/c1-2-18(28)11-7-4-8-12-19(27-21(29)13-17-15-31-23(24)26-17)22-25-14-20(30-22)16-9-5-3-6-10-16;1-3-19(27)12-8-5-9-13-20(25-22(28)18-15-26(2)16-18)23-24-14-21(29-23)17-10-6-4-7-11-17/h3,5-6,9-10,14-15,19H,2,4,7-8,11-13H2,1H3,(H2,24,26)(H,27,29);4,6-7,10-11,14,18,20H,3,5,8-9,12-13,15-16H2,1-2H3,(H,25,28)/t;20-/m.0/s1. The van der Waals surface area contributed by atoms with Crippen molar-refractivity contribution < 1.29 is 28.0 Å². The van der Waals surface area contributed by atoms with Gasteiger partial charge in [0.1, 0.15) is 23.7 Å². The molecule has 2 amide bonds. The number of hydrogen-bond donors (Lipinski definition) is 3. The molecule has 2 aromatic carbocycles. The van der Waals surface area contributed by atoms with Gasteiger partial charge in [0.15, 0.2) is 16.7 Å². The number of nitrogens with one attached hydrogen (secondary N) is 2. The summed E-state index contributed by atoms with van der Waals surface area (Å²) in [5.74, 6) is 2.94. The molecule has 0 saturated carbocycles. The van der Waals surface area contributed by atoms with Gasteiger partial charge in [-0.2, -0.15) is 0 Å². The van der Waals surface area contributed by atoms with Gasteiger partial charge in [-0.1, -0.05) is 100 Å². The van der Waals surface area contributed by atoms with Crippen LogP contribution in [-0.4, -0.2) is 63.4 Å². The molecule has 6 rings (SSSR count). The summed E-state index contributed by atoms with van der Waals surface area (Å²) in [6.45, 7) is 5.37. The van der Waals surface area contributed by atoms with E-state index in [-0.39, 0.29) is 42.0 Å². The highest BCUT2D eigenvalue weighted by Crippen LogP contribution is 2.28. The molecule has 60 heavy (non-hydrogen) atoms. The van der Waals surface area contributed by atoms with Gasteiger partial charge in [0.2, 0.25) is 23.6 Å². The van der Waals surface area contributed by atoms with E-state index < -0.39 is 0 Å². The molecular weight excluding hydrogens is 779 g/mol. The number of unbranched alkanes of at least 4 members (excludes halogenated alkanes) is 4. The first kappa shape index (κ1) is 45.6. The van der Waals surface area contributed by atoms with Gasteiger partial charge >= 0.3 is 0 Å². The van der Waals surface area contributed by atoms with Crippen LogP contribution in [0, 0.1) is 5.92 Å². The van der Waals surface area contributed by atoms with Crippen molar-refractivity contribution in [3.63, 3.8) is 0 Å². The number of ketones is 2. The average molecular weight is 838 g/mol. The van der Waals surface area contributed by atoms with Crippen molar-refractivity contribution in [2.75, 3.05) is 25.9 Å². The van der Waals surface area contributed by atoms with Crippen LogP contribution < -0.4 is 16.4 Å². The van der Waals surface area contributed by atoms with Gasteiger partial charge in [0.05, 0.1) is 30.4 Å². The molecular formula is C46H59N7O6S. The predicted molar refractivity (Wildman–Crippen MR) is 234 cm³/mol. The molecule has 1 saturated heterocycles. The fourth-order valence-electron chi connectivity index (χ4n) is 6.90. The van der Waals surface area contributed by atoms with Crippen molar-refractivity contribution in [3.8, 4) is 22.6 Å². The summed E-state index contributed by atoms with van der Waals surface area (Å²) in [5, 5.41) is 8.40. The number of rotatable bonds is 23. The number of Topliss-reactive ketones (excluding diaryl/α,β-unsaturated/α-hetero) is 2. The van der Waals surface area contributed by atoms with E-state index in [1.165, 1.54) is 11.3 Å². The lowest BCUT2D eigenvalue weighted by atomic mass is 9.99. The average Bonchev–Trinajstić information content (AvgIpc) is 4.04. The first-order chi connectivity index (χ1) is 29.1. The maximum absolute atomic E-state index is 12.6. The Morgan fingerprint density at radius 1 is 0.750 bits per heavy atom. The van der Waals surface area contributed by atoms with E-state index in [9.17, 15) is 19.2 Å². The zero-order chi connectivity index (χ0) is 42.7. The Bertz CT molecular complexity index is 2080. The summed E-state index contributed by atoms with van der Waals surface area (Å²) in [4.78, 5) is 63.3. The van der Waals surface area contributed by atoms with Crippen LogP contribution in [0.1, 0.15) is 120 Å². The van der Waals surface area contributed by atoms with Crippen molar-refractivity contribution in [1.82, 2.24) is 30.5 Å². The highest BCUT2D eigenvalue weighted by atomic mass is 32.1. The van der Waals surface area contributed by atoms with Gasteiger partial charge in [-0.05, 0) is 32.7 Å². The Labute approximate surface area is 357 Å². The Balaban J connectivity index is 0.000000228. The summed E-state index contributed by atoms with van der Waals surface area (Å²) in [7, 11) is 2.01. The van der Waals surface area contributed by atoms with Gasteiger partial charge in [-0.15, -0.1) is 11.3 Å². The van der Waals surface area contributed by atoms with Crippen LogP contribution >= 0.6 is 11.3 Å². The lowest BCUT2D eigenvalue weighted by Crippen LogP contribution is -2.52. The molecule has 0 radical (unpaired) electrons. The fraction of sp³-hybridized carbons (Fsp3) is 0.457. The highest BCUT2D eigenvalue weighted by Gasteiger charge is 2.32. The number of likely N-dealkylation sites (tertiary alicyclic amines) is 1. The van der Waals surface area contributed by atoms with Gasteiger partial charge < -0.3 is 30.1 Å². The second-order valence-electron chi connectivity index (χ2n) is 15.3. The summed E-state index contributed by atoms with van der Waals surface area (Å²) in [5.41, 5.74) is 8.20. The normalized spacial score (nSPS) is 13.7. The minimum Gasteiger partial charge on any atom is -0.438 e. The van der Waals surface area contributed by atoms with Crippen molar-refractivity contribution >= 4 is 39.8 Å². The van der Waals surface area contributed by atoms with E-state index in [4.69, 9.17) is 14.6 Å². The smallest absolute Gasteiger partial charge is 0.226 e. The monoisotopic (exact) mass is 837 g/mol. The highest BCUT2D eigenvalue weighted by molar-refractivity contribution is 7.13. The summed E-state index contributed by atoms with van der Waals surface area (Å²) in [6, 6.07) is 19.0. The van der Waals surface area contributed by atoms with Crippen LogP contribution in [0.5, 0.6) is 0 Å². The molecule has 0 bridgehead atoms. The number of anilines is 1. The molecule has 1 unspecified atom stereocenters. The zero-order valence-corrected chi connectivity index (χ0v) is 35.9. The SMILES string of the molecule is CCC(=O)CCCCCC(NC(=O)Cc1csc(N)n1)c1ncc(-c2ccccc2)o1.CCC(=O)CCCCC[C@H](NC(=O)C1CN(C)C1)c1ncc(-c2ccccc2)o1. The van der Waals surface area contributed by atoms with E-state index in [1.54, 1.807) is 17.8 Å². The first-order valence-electron chi connectivity index (χ1n) is 21.2. The molecule has 14 heteroatoms. The molecule has 2 atom stereocenters. The molecule has 1 aliphatic rings.